The molecule has 0 unspecified atom stereocenters. The lowest BCUT2D eigenvalue weighted by atomic mass is 10.2. The van der Waals surface area contributed by atoms with Crippen LogP contribution in [0, 0.1) is 5.82 Å². The van der Waals surface area contributed by atoms with Crippen LogP contribution in [-0.4, -0.2) is 51.9 Å². The second kappa shape index (κ2) is 9.67. The van der Waals surface area contributed by atoms with Gasteiger partial charge in [-0.2, -0.15) is 13.2 Å². The number of methoxy groups -OCH3 is 1. The fourth-order valence-electron chi connectivity index (χ4n) is 2.99. The van der Waals surface area contributed by atoms with Crippen molar-refractivity contribution in [1.29, 1.82) is 0 Å². The van der Waals surface area contributed by atoms with Crippen molar-refractivity contribution < 1.29 is 31.9 Å². The minimum atomic E-state index is -4.99. The van der Waals surface area contributed by atoms with Gasteiger partial charge in [0.15, 0.2) is 11.4 Å². The lowest BCUT2D eigenvalue weighted by Gasteiger charge is -2.20. The number of aromatic nitrogens is 3. The molecule has 2 amide bonds. The summed E-state index contributed by atoms with van der Waals surface area (Å²) in [4.78, 5) is 26.2. The first-order valence-corrected chi connectivity index (χ1v) is 9.66. The number of benzene rings is 2. The number of hydrogen-bond acceptors (Lipinski definition) is 5. The number of nitrogens with one attached hydrogen (secondary N) is 1. The Morgan fingerprint density at radius 2 is 1.85 bits per heavy atom. The van der Waals surface area contributed by atoms with Gasteiger partial charge in [0.25, 0.3) is 5.91 Å². The molecule has 0 aliphatic rings. The molecule has 0 spiro atoms. The van der Waals surface area contributed by atoms with Crippen molar-refractivity contribution in [2.75, 3.05) is 25.5 Å². The van der Waals surface area contributed by atoms with Gasteiger partial charge in [-0.1, -0.05) is 11.3 Å². The van der Waals surface area contributed by atoms with Crippen LogP contribution in [0.4, 0.5) is 23.2 Å². The lowest BCUT2D eigenvalue weighted by Crippen LogP contribution is -2.39. The molecule has 1 aromatic heterocycles. The van der Waals surface area contributed by atoms with Gasteiger partial charge in [-0.15, -0.1) is 5.10 Å². The molecule has 2 aromatic carbocycles. The number of amides is 2. The number of hydrogen-bond donors (Lipinski definition) is 1. The number of carbonyl (C=O) groups excluding carboxylic acids is 2. The molecular formula is C21H19F4N5O3. The Morgan fingerprint density at radius 3 is 2.45 bits per heavy atom. The molecule has 0 aliphatic heterocycles. The van der Waals surface area contributed by atoms with Gasteiger partial charge >= 0.3 is 6.18 Å². The van der Waals surface area contributed by atoms with Gasteiger partial charge in [-0.25, -0.2) is 9.07 Å². The average molecular weight is 465 g/mol. The monoisotopic (exact) mass is 465 g/mol. The van der Waals surface area contributed by atoms with Gasteiger partial charge in [0.05, 0.1) is 12.8 Å². The van der Waals surface area contributed by atoms with E-state index in [2.05, 4.69) is 15.6 Å². The van der Waals surface area contributed by atoms with Crippen LogP contribution >= 0.6 is 0 Å². The van der Waals surface area contributed by atoms with Crippen molar-refractivity contribution in [2.45, 2.75) is 13.1 Å². The predicted molar refractivity (Wildman–Crippen MR) is 110 cm³/mol. The van der Waals surface area contributed by atoms with E-state index in [1.54, 1.807) is 24.3 Å². The number of carbonyl (C=O) groups is 2. The molecule has 8 nitrogen and oxygen atoms in total. The van der Waals surface area contributed by atoms with E-state index in [1.807, 2.05) is 0 Å². The van der Waals surface area contributed by atoms with Crippen molar-refractivity contribution in [2.24, 2.45) is 0 Å². The lowest BCUT2D eigenvalue weighted by molar-refractivity contribution is -0.143. The van der Waals surface area contributed by atoms with Crippen LogP contribution in [0.25, 0.3) is 5.69 Å². The highest BCUT2D eigenvalue weighted by Gasteiger charge is 2.43. The molecule has 174 valence electrons. The molecule has 0 fully saturated rings. The molecule has 0 bridgehead atoms. The van der Waals surface area contributed by atoms with E-state index in [0.29, 0.717) is 16.1 Å². The molecule has 1 N–H and O–H groups in total. The van der Waals surface area contributed by atoms with Crippen LogP contribution < -0.4 is 10.1 Å². The van der Waals surface area contributed by atoms with Crippen LogP contribution in [0.5, 0.6) is 5.75 Å². The maximum absolute atomic E-state index is 13.8. The average Bonchev–Trinajstić information content (AvgIpc) is 3.23. The van der Waals surface area contributed by atoms with Crippen LogP contribution in [0.2, 0.25) is 0 Å². The largest absolute Gasteiger partial charge is 0.497 e. The summed E-state index contributed by atoms with van der Waals surface area (Å²) in [6.45, 7) is 0.923. The van der Waals surface area contributed by atoms with Gasteiger partial charge in [0, 0.05) is 18.3 Å². The Bertz CT molecular complexity index is 1150. The van der Waals surface area contributed by atoms with Crippen molar-refractivity contribution in [3.8, 4) is 11.4 Å². The van der Waals surface area contributed by atoms with E-state index in [-0.39, 0.29) is 12.2 Å². The Kier molecular flexibility index (Phi) is 6.95. The second-order valence-corrected chi connectivity index (χ2v) is 6.77. The summed E-state index contributed by atoms with van der Waals surface area (Å²) >= 11 is 0. The van der Waals surface area contributed by atoms with Crippen LogP contribution in [0.15, 0.2) is 48.5 Å². The molecule has 0 saturated carbocycles. The molecule has 0 saturated heterocycles. The normalized spacial score (nSPS) is 11.2. The number of anilines is 1. The maximum atomic E-state index is 13.8. The Morgan fingerprint density at radius 1 is 1.15 bits per heavy atom. The fraction of sp³-hybridized carbons (Fsp3) is 0.238. The minimum absolute atomic E-state index is 0.0644. The van der Waals surface area contributed by atoms with Gasteiger partial charge < -0.3 is 15.0 Å². The minimum Gasteiger partial charge on any atom is -0.497 e. The molecular weight excluding hydrogens is 446 g/mol. The van der Waals surface area contributed by atoms with Gasteiger partial charge in [-0.3, -0.25) is 9.59 Å². The van der Waals surface area contributed by atoms with Crippen molar-refractivity contribution in [1.82, 2.24) is 19.9 Å². The summed E-state index contributed by atoms with van der Waals surface area (Å²) in [5, 5.41) is 9.43. The Balaban J connectivity index is 1.86. The van der Waals surface area contributed by atoms with Crippen LogP contribution in [0.1, 0.15) is 23.1 Å². The predicted octanol–water partition coefficient (Wildman–Crippen LogP) is 3.53. The van der Waals surface area contributed by atoms with Crippen molar-refractivity contribution in [3.63, 3.8) is 0 Å². The Hall–Kier alpha value is -3.96. The van der Waals surface area contributed by atoms with Crippen molar-refractivity contribution in [3.05, 3.63) is 65.7 Å². The molecule has 12 heteroatoms. The molecule has 0 atom stereocenters. The summed E-state index contributed by atoms with van der Waals surface area (Å²) in [5.74, 6) is -1.91. The number of rotatable bonds is 7. The zero-order valence-corrected chi connectivity index (χ0v) is 17.6. The first-order valence-electron chi connectivity index (χ1n) is 9.66. The van der Waals surface area contributed by atoms with E-state index in [9.17, 15) is 27.2 Å². The summed E-state index contributed by atoms with van der Waals surface area (Å²) in [6, 6.07) is 10.5. The summed E-state index contributed by atoms with van der Waals surface area (Å²) in [7, 11) is 1.45. The molecule has 33 heavy (non-hydrogen) atoms. The van der Waals surface area contributed by atoms with Crippen LogP contribution in [0.3, 0.4) is 0 Å². The summed E-state index contributed by atoms with van der Waals surface area (Å²) in [5.41, 5.74) is -2.14. The topological polar surface area (TPSA) is 89.3 Å². The molecule has 1 heterocycles. The number of ether oxygens (including phenoxy) is 1. The van der Waals surface area contributed by atoms with E-state index >= 15 is 0 Å². The third-order valence-electron chi connectivity index (χ3n) is 4.57. The van der Waals surface area contributed by atoms with Gasteiger partial charge in [0.1, 0.15) is 18.1 Å². The number of nitrogens with zero attached hydrogens (tertiary/aromatic N) is 4. The van der Waals surface area contributed by atoms with E-state index in [1.165, 1.54) is 14.0 Å². The zero-order valence-electron chi connectivity index (χ0n) is 17.6. The zero-order chi connectivity index (χ0) is 24.2. The first-order chi connectivity index (χ1) is 15.6. The number of halogens is 4. The smallest absolute Gasteiger partial charge is 0.435 e. The fourth-order valence-corrected chi connectivity index (χ4v) is 2.99. The summed E-state index contributed by atoms with van der Waals surface area (Å²) in [6.07, 6.45) is -4.99. The van der Waals surface area contributed by atoms with Crippen molar-refractivity contribution >= 4 is 17.5 Å². The molecule has 3 aromatic rings. The highest BCUT2D eigenvalue weighted by Crippen LogP contribution is 2.33. The van der Waals surface area contributed by atoms with Gasteiger partial charge in [-0.05, 0) is 43.3 Å². The Labute approximate surface area is 185 Å². The third-order valence-corrected chi connectivity index (χ3v) is 4.57. The van der Waals surface area contributed by atoms with Gasteiger partial charge in [0.2, 0.25) is 5.91 Å². The highest BCUT2D eigenvalue weighted by atomic mass is 19.4. The standard InChI is InChI=1S/C21H19F4N5O3/c1-3-29(12-17(31)26-14-5-4-6-16(11-14)33-2)20(32)18-19(21(23,24)25)30(28-27-18)15-9-7-13(22)8-10-15/h4-11H,3,12H2,1-2H3,(H,26,31). The van der Waals surface area contributed by atoms with Crippen LogP contribution in [-0.2, 0) is 11.0 Å². The second-order valence-electron chi connectivity index (χ2n) is 6.77. The highest BCUT2D eigenvalue weighted by molar-refractivity contribution is 5.99. The van der Waals surface area contributed by atoms with E-state index in [0.717, 1.165) is 29.2 Å². The first kappa shape index (κ1) is 23.7. The quantitative estimate of drug-likeness (QED) is 0.540. The van der Waals surface area contributed by atoms with E-state index < -0.39 is 41.7 Å². The molecule has 0 aliphatic carbocycles. The molecule has 0 radical (unpaired) electrons. The van der Waals surface area contributed by atoms with E-state index in [4.69, 9.17) is 4.74 Å². The summed E-state index contributed by atoms with van der Waals surface area (Å²) < 4.78 is 60.1. The third kappa shape index (κ3) is 5.45. The number of alkyl halides is 3. The SMILES string of the molecule is CCN(CC(=O)Nc1cccc(OC)c1)C(=O)c1nnn(-c2ccc(F)cc2)c1C(F)(F)F. The number of likely N-dealkylation sites (N-methyl/N-ethyl adjacent to an activating group) is 1. The molecule has 3 rings (SSSR count). The maximum Gasteiger partial charge on any atom is 0.435 e.